The van der Waals surface area contributed by atoms with Gasteiger partial charge < -0.3 is 16.4 Å². The molecule has 146 valence electrons. The maximum atomic E-state index is 12.4. The quantitative estimate of drug-likeness (QED) is 0.413. The molecule has 1 aromatic heterocycles. The molecular formula is C22H20N4O2S. The molecule has 2 amide bonds. The van der Waals surface area contributed by atoms with E-state index in [1.54, 1.807) is 24.3 Å². The number of anilines is 3. The highest BCUT2D eigenvalue weighted by Gasteiger charge is 2.16. The number of hydrogen-bond acceptors (Lipinski definition) is 4. The van der Waals surface area contributed by atoms with Crippen molar-refractivity contribution in [1.29, 1.82) is 0 Å². The molecule has 0 aliphatic carbocycles. The van der Waals surface area contributed by atoms with E-state index in [-0.39, 0.29) is 11.8 Å². The van der Waals surface area contributed by atoms with Crippen molar-refractivity contribution in [2.24, 2.45) is 0 Å². The summed E-state index contributed by atoms with van der Waals surface area (Å²) in [7, 11) is 0. The largest absolute Gasteiger partial charge is 0.397 e. The highest BCUT2D eigenvalue weighted by Crippen LogP contribution is 2.40. The van der Waals surface area contributed by atoms with Gasteiger partial charge in [0.1, 0.15) is 5.00 Å². The summed E-state index contributed by atoms with van der Waals surface area (Å²) in [6.07, 6.45) is 0.617. The van der Waals surface area contributed by atoms with Crippen molar-refractivity contribution >= 4 is 45.2 Å². The van der Waals surface area contributed by atoms with E-state index in [2.05, 4.69) is 15.5 Å². The number of carbonyl (C=O) groups is 2. The molecule has 2 aromatic carbocycles. The van der Waals surface area contributed by atoms with E-state index in [4.69, 9.17) is 12.3 Å². The van der Waals surface area contributed by atoms with Crippen LogP contribution in [0.5, 0.6) is 0 Å². The molecule has 0 aliphatic heterocycles. The van der Waals surface area contributed by atoms with Crippen LogP contribution in [0.3, 0.4) is 0 Å². The zero-order valence-electron chi connectivity index (χ0n) is 16.1. The van der Waals surface area contributed by atoms with Crippen molar-refractivity contribution in [3.8, 4) is 0 Å². The van der Waals surface area contributed by atoms with Crippen molar-refractivity contribution in [3.63, 3.8) is 0 Å². The Labute approximate surface area is 173 Å². The predicted molar refractivity (Wildman–Crippen MR) is 118 cm³/mol. The number of nitrogens with two attached hydrogens (primary N) is 1. The molecule has 0 spiro atoms. The Morgan fingerprint density at radius 1 is 1.10 bits per heavy atom. The van der Waals surface area contributed by atoms with Gasteiger partial charge in [0.2, 0.25) is 11.6 Å². The lowest BCUT2D eigenvalue weighted by atomic mass is 10.1. The molecular weight excluding hydrogens is 384 g/mol. The fourth-order valence-electron chi connectivity index (χ4n) is 2.86. The van der Waals surface area contributed by atoms with Crippen LogP contribution in [0.1, 0.15) is 33.3 Å². The van der Waals surface area contributed by atoms with Gasteiger partial charge >= 0.3 is 0 Å². The summed E-state index contributed by atoms with van der Waals surface area (Å²) in [5.41, 5.74) is 9.85. The van der Waals surface area contributed by atoms with Gasteiger partial charge in [-0.3, -0.25) is 9.59 Å². The molecule has 0 bridgehead atoms. The number of carbonyl (C=O) groups excluding carboxylic acids is 2. The lowest BCUT2D eigenvalue weighted by molar-refractivity contribution is -0.114. The molecule has 0 saturated heterocycles. The summed E-state index contributed by atoms with van der Waals surface area (Å²) in [5.74, 6) is -0.429. The highest BCUT2D eigenvalue weighted by atomic mass is 32.1. The zero-order chi connectivity index (χ0) is 21.0. The summed E-state index contributed by atoms with van der Waals surface area (Å²) in [5, 5.41) is 6.11. The van der Waals surface area contributed by atoms with Crippen LogP contribution in [0.25, 0.3) is 4.85 Å². The Kier molecular flexibility index (Phi) is 5.96. The van der Waals surface area contributed by atoms with Crippen LogP contribution >= 0.6 is 11.3 Å². The average molecular weight is 404 g/mol. The second-order valence-corrected chi connectivity index (χ2v) is 7.64. The van der Waals surface area contributed by atoms with E-state index in [1.165, 1.54) is 18.3 Å². The van der Waals surface area contributed by atoms with Crippen LogP contribution in [0.2, 0.25) is 0 Å². The number of amides is 2. The molecule has 0 radical (unpaired) electrons. The molecule has 0 aliphatic rings. The van der Waals surface area contributed by atoms with E-state index < -0.39 is 0 Å². The fourth-order valence-corrected chi connectivity index (χ4v) is 4.09. The molecule has 0 atom stereocenters. The van der Waals surface area contributed by atoms with E-state index in [0.29, 0.717) is 34.0 Å². The molecule has 7 heteroatoms. The van der Waals surface area contributed by atoms with Gasteiger partial charge in [0.15, 0.2) is 0 Å². The number of nitrogen functional groups attached to an aromatic ring is 1. The van der Waals surface area contributed by atoms with Gasteiger partial charge in [-0.05, 0) is 42.3 Å². The van der Waals surface area contributed by atoms with Gasteiger partial charge in [-0.25, -0.2) is 4.85 Å². The molecule has 0 fully saturated rings. The predicted octanol–water partition coefficient (Wildman–Crippen LogP) is 4.99. The first kappa shape index (κ1) is 20.1. The van der Waals surface area contributed by atoms with Crippen LogP contribution in [0.4, 0.5) is 22.1 Å². The molecule has 1 heterocycles. The standard InChI is InChI=1S/C22H20N4O2S/c1-13-19(29-22(20(13)24-3)25-14(2)27)12-15-8-10-16(11-9-15)21(28)26-18-7-5-4-6-17(18)23/h4-11H,12,23H2,1-2H3,(H,25,27)(H,26,28). The minimum absolute atomic E-state index is 0.197. The van der Waals surface area contributed by atoms with E-state index in [1.807, 2.05) is 31.2 Å². The van der Waals surface area contributed by atoms with Crippen LogP contribution in [-0.4, -0.2) is 11.8 Å². The van der Waals surface area contributed by atoms with E-state index in [0.717, 1.165) is 16.0 Å². The monoisotopic (exact) mass is 404 g/mol. The lowest BCUT2D eigenvalue weighted by Crippen LogP contribution is -2.13. The first-order valence-electron chi connectivity index (χ1n) is 8.91. The maximum absolute atomic E-state index is 12.4. The highest BCUT2D eigenvalue weighted by molar-refractivity contribution is 7.17. The van der Waals surface area contributed by atoms with Gasteiger partial charge in [-0.2, -0.15) is 0 Å². The van der Waals surface area contributed by atoms with Crippen LogP contribution in [0, 0.1) is 13.5 Å². The van der Waals surface area contributed by atoms with Gasteiger partial charge in [0, 0.05) is 23.8 Å². The second kappa shape index (κ2) is 8.59. The maximum Gasteiger partial charge on any atom is 0.255 e. The number of hydrogen-bond donors (Lipinski definition) is 3. The van der Waals surface area contributed by atoms with Crippen molar-refractivity contribution in [2.75, 3.05) is 16.4 Å². The van der Waals surface area contributed by atoms with Crippen molar-refractivity contribution in [1.82, 2.24) is 0 Å². The minimum Gasteiger partial charge on any atom is -0.397 e. The molecule has 3 rings (SSSR count). The Hall–Kier alpha value is -3.63. The zero-order valence-corrected chi connectivity index (χ0v) is 16.9. The van der Waals surface area contributed by atoms with Crippen LogP contribution in [0.15, 0.2) is 48.5 Å². The third-order valence-corrected chi connectivity index (χ3v) is 5.60. The Morgan fingerprint density at radius 3 is 2.41 bits per heavy atom. The van der Waals surface area contributed by atoms with Crippen LogP contribution in [-0.2, 0) is 11.2 Å². The number of para-hydroxylation sites is 2. The first-order chi connectivity index (χ1) is 13.9. The van der Waals surface area contributed by atoms with Crippen LogP contribution < -0.4 is 16.4 Å². The first-order valence-corrected chi connectivity index (χ1v) is 9.72. The van der Waals surface area contributed by atoms with Gasteiger partial charge in [0.25, 0.3) is 5.91 Å². The fraction of sp³-hybridized carbons (Fsp3) is 0.136. The van der Waals surface area contributed by atoms with Crippen molar-refractivity contribution in [2.45, 2.75) is 20.3 Å². The summed E-state index contributed by atoms with van der Waals surface area (Å²) >= 11 is 1.41. The Balaban J connectivity index is 1.75. The smallest absolute Gasteiger partial charge is 0.255 e. The molecule has 4 N–H and O–H groups in total. The summed E-state index contributed by atoms with van der Waals surface area (Å²) in [6, 6.07) is 14.4. The second-order valence-electron chi connectivity index (χ2n) is 6.54. The van der Waals surface area contributed by atoms with Crippen molar-refractivity contribution < 1.29 is 9.59 Å². The number of rotatable bonds is 5. The molecule has 29 heavy (non-hydrogen) atoms. The topological polar surface area (TPSA) is 88.6 Å². The minimum atomic E-state index is -0.231. The third-order valence-electron chi connectivity index (χ3n) is 4.40. The lowest BCUT2D eigenvalue weighted by Gasteiger charge is -2.08. The summed E-state index contributed by atoms with van der Waals surface area (Å²) in [6.45, 7) is 10.7. The SMILES string of the molecule is [C-]#[N+]c1c(NC(C)=O)sc(Cc2ccc(C(=O)Nc3ccccc3N)cc2)c1C. The van der Waals surface area contributed by atoms with Gasteiger partial charge in [-0.1, -0.05) is 24.3 Å². The van der Waals surface area contributed by atoms with E-state index >= 15 is 0 Å². The average Bonchev–Trinajstić information content (AvgIpc) is 2.97. The Morgan fingerprint density at radius 2 is 1.79 bits per heavy atom. The number of nitrogens with one attached hydrogen (secondary N) is 2. The summed E-state index contributed by atoms with van der Waals surface area (Å²) in [4.78, 5) is 28.4. The molecule has 6 nitrogen and oxygen atoms in total. The third kappa shape index (κ3) is 4.62. The number of nitrogens with zero attached hydrogens (tertiary/aromatic N) is 1. The molecule has 3 aromatic rings. The van der Waals surface area contributed by atoms with E-state index in [9.17, 15) is 9.59 Å². The summed E-state index contributed by atoms with van der Waals surface area (Å²) < 4.78 is 0. The van der Waals surface area contributed by atoms with Gasteiger partial charge in [-0.15, -0.1) is 11.3 Å². The molecule has 0 unspecified atom stereocenters. The number of benzene rings is 2. The van der Waals surface area contributed by atoms with Crippen molar-refractivity contribution in [3.05, 3.63) is 81.5 Å². The number of thiophene rings is 1. The Bertz CT molecular complexity index is 1110. The van der Waals surface area contributed by atoms with Gasteiger partial charge in [0.05, 0.1) is 17.9 Å². The normalized spacial score (nSPS) is 10.2. The molecule has 0 saturated carbocycles.